The average Bonchev–Trinajstić information content (AvgIpc) is 3.02. The summed E-state index contributed by atoms with van der Waals surface area (Å²) in [5.41, 5.74) is 3.28. The van der Waals surface area contributed by atoms with E-state index < -0.39 is 0 Å². The lowest BCUT2D eigenvalue weighted by Crippen LogP contribution is -2.30. The van der Waals surface area contributed by atoms with Crippen molar-refractivity contribution in [1.29, 1.82) is 0 Å². The van der Waals surface area contributed by atoms with Gasteiger partial charge in [-0.25, -0.2) is 0 Å². The second kappa shape index (κ2) is 6.20. The summed E-state index contributed by atoms with van der Waals surface area (Å²) < 4.78 is 5.36. The minimum absolute atomic E-state index is 0.187. The van der Waals surface area contributed by atoms with Crippen LogP contribution in [-0.4, -0.2) is 30.6 Å². The molecule has 3 heteroatoms. The predicted octanol–water partition coefficient (Wildman–Crippen LogP) is 3.01. The van der Waals surface area contributed by atoms with Crippen molar-refractivity contribution < 1.29 is 9.53 Å². The molecule has 1 saturated heterocycles. The standard InChI is InChI=1S/C14H17NO2.C2H6/c1-10-2-3-13-12(6-10)8-15(14(13)16)7-11-4-5-17-9-11;1-2/h2-3,6,11H,4-5,7-9H2,1H3;1-2H3. The molecule has 2 aliphatic heterocycles. The molecule has 0 saturated carbocycles. The molecule has 2 aliphatic rings. The monoisotopic (exact) mass is 261 g/mol. The third kappa shape index (κ3) is 2.98. The van der Waals surface area contributed by atoms with E-state index in [1.165, 1.54) is 11.1 Å². The Labute approximate surface area is 115 Å². The Bertz CT molecular complexity index is 450. The summed E-state index contributed by atoms with van der Waals surface area (Å²) in [6.45, 7) is 9.33. The molecule has 1 atom stereocenters. The summed E-state index contributed by atoms with van der Waals surface area (Å²) in [5.74, 6) is 0.709. The molecule has 104 valence electrons. The molecule has 1 amide bonds. The molecule has 1 fully saturated rings. The van der Waals surface area contributed by atoms with Crippen molar-refractivity contribution in [2.75, 3.05) is 19.8 Å². The molecule has 1 aromatic rings. The number of carbonyl (C=O) groups excluding carboxylic acids is 1. The van der Waals surface area contributed by atoms with E-state index in [0.29, 0.717) is 5.92 Å². The molecule has 2 heterocycles. The second-order valence-electron chi connectivity index (χ2n) is 5.08. The van der Waals surface area contributed by atoms with Crippen LogP contribution < -0.4 is 0 Å². The maximum Gasteiger partial charge on any atom is 0.254 e. The molecular weight excluding hydrogens is 238 g/mol. The molecule has 0 aliphatic carbocycles. The lowest BCUT2D eigenvalue weighted by molar-refractivity contribution is 0.0744. The first-order valence-corrected chi connectivity index (χ1v) is 7.20. The Morgan fingerprint density at radius 2 is 2.16 bits per heavy atom. The fourth-order valence-electron chi connectivity index (χ4n) is 2.70. The Balaban J connectivity index is 0.000000637. The van der Waals surface area contributed by atoms with Gasteiger partial charge in [0.05, 0.1) is 6.61 Å². The van der Waals surface area contributed by atoms with E-state index in [-0.39, 0.29) is 5.91 Å². The molecule has 19 heavy (non-hydrogen) atoms. The maximum atomic E-state index is 12.2. The van der Waals surface area contributed by atoms with Crippen LogP contribution in [0.4, 0.5) is 0 Å². The number of aryl methyl sites for hydroxylation is 1. The topological polar surface area (TPSA) is 29.5 Å². The average molecular weight is 261 g/mol. The van der Waals surface area contributed by atoms with Gasteiger partial charge in [-0.1, -0.05) is 31.5 Å². The minimum Gasteiger partial charge on any atom is -0.381 e. The largest absolute Gasteiger partial charge is 0.381 e. The van der Waals surface area contributed by atoms with E-state index in [1.54, 1.807) is 0 Å². The molecule has 0 spiro atoms. The molecule has 1 aromatic carbocycles. The molecule has 3 nitrogen and oxygen atoms in total. The second-order valence-corrected chi connectivity index (χ2v) is 5.08. The summed E-state index contributed by atoms with van der Waals surface area (Å²) in [6.07, 6.45) is 1.08. The van der Waals surface area contributed by atoms with E-state index in [1.807, 2.05) is 30.9 Å². The van der Waals surface area contributed by atoms with E-state index in [4.69, 9.17) is 4.74 Å². The van der Waals surface area contributed by atoms with Crippen molar-refractivity contribution in [2.45, 2.75) is 33.7 Å². The zero-order valence-corrected chi connectivity index (χ0v) is 12.1. The highest BCUT2D eigenvalue weighted by Gasteiger charge is 2.30. The number of hydrogen-bond acceptors (Lipinski definition) is 2. The third-order valence-corrected chi connectivity index (χ3v) is 3.64. The Morgan fingerprint density at radius 3 is 2.84 bits per heavy atom. The first-order chi connectivity index (χ1) is 9.24. The van der Waals surface area contributed by atoms with Crippen LogP contribution in [0, 0.1) is 12.8 Å². The van der Waals surface area contributed by atoms with Crippen molar-refractivity contribution in [3.05, 3.63) is 34.9 Å². The molecular formula is C16H23NO2. The summed E-state index contributed by atoms with van der Waals surface area (Å²) in [4.78, 5) is 14.1. The van der Waals surface area contributed by atoms with Gasteiger partial charge in [-0.2, -0.15) is 0 Å². The number of ether oxygens (including phenoxy) is 1. The molecule has 0 bridgehead atoms. The van der Waals surface area contributed by atoms with E-state index in [0.717, 1.165) is 38.3 Å². The number of amides is 1. The molecule has 0 aromatic heterocycles. The molecule has 0 N–H and O–H groups in total. The predicted molar refractivity (Wildman–Crippen MR) is 76.2 cm³/mol. The number of carbonyl (C=O) groups is 1. The van der Waals surface area contributed by atoms with E-state index >= 15 is 0 Å². The number of nitrogens with zero attached hydrogens (tertiary/aromatic N) is 1. The Kier molecular flexibility index (Phi) is 4.59. The zero-order valence-electron chi connectivity index (χ0n) is 12.1. The van der Waals surface area contributed by atoms with Gasteiger partial charge >= 0.3 is 0 Å². The SMILES string of the molecule is CC.Cc1ccc2c(c1)CN(CC1CCOC1)C2=O. The maximum absolute atomic E-state index is 12.2. The van der Waals surface area contributed by atoms with Crippen molar-refractivity contribution in [3.8, 4) is 0 Å². The van der Waals surface area contributed by atoms with Gasteiger partial charge in [-0.05, 0) is 25.0 Å². The fraction of sp³-hybridized carbons (Fsp3) is 0.562. The highest BCUT2D eigenvalue weighted by molar-refractivity contribution is 5.98. The van der Waals surface area contributed by atoms with Crippen LogP contribution in [0.15, 0.2) is 18.2 Å². The lowest BCUT2D eigenvalue weighted by Gasteiger charge is -2.19. The normalized spacial score (nSPS) is 21.1. The minimum atomic E-state index is 0.187. The van der Waals surface area contributed by atoms with Crippen molar-refractivity contribution in [3.63, 3.8) is 0 Å². The third-order valence-electron chi connectivity index (χ3n) is 3.64. The van der Waals surface area contributed by atoms with Gasteiger partial charge in [-0.3, -0.25) is 4.79 Å². The van der Waals surface area contributed by atoms with Crippen molar-refractivity contribution >= 4 is 5.91 Å². The summed E-state index contributed by atoms with van der Waals surface area (Å²) in [5, 5.41) is 0. The van der Waals surface area contributed by atoms with Crippen LogP contribution in [-0.2, 0) is 11.3 Å². The number of hydrogen-bond donors (Lipinski definition) is 0. The smallest absolute Gasteiger partial charge is 0.254 e. The van der Waals surface area contributed by atoms with Crippen molar-refractivity contribution in [1.82, 2.24) is 4.90 Å². The van der Waals surface area contributed by atoms with Gasteiger partial charge in [-0.15, -0.1) is 0 Å². The molecule has 3 rings (SSSR count). The van der Waals surface area contributed by atoms with Crippen LogP contribution in [0.2, 0.25) is 0 Å². The van der Waals surface area contributed by atoms with Gasteiger partial charge in [0.1, 0.15) is 0 Å². The number of fused-ring (bicyclic) bond motifs is 1. The Morgan fingerprint density at radius 1 is 1.37 bits per heavy atom. The van der Waals surface area contributed by atoms with E-state index in [9.17, 15) is 4.79 Å². The summed E-state index contributed by atoms with van der Waals surface area (Å²) >= 11 is 0. The van der Waals surface area contributed by atoms with Gasteiger partial charge in [0.15, 0.2) is 0 Å². The summed E-state index contributed by atoms with van der Waals surface area (Å²) in [7, 11) is 0. The van der Waals surface area contributed by atoms with Crippen LogP contribution in [0.5, 0.6) is 0 Å². The molecule has 0 radical (unpaired) electrons. The van der Waals surface area contributed by atoms with Crippen molar-refractivity contribution in [2.24, 2.45) is 5.92 Å². The number of rotatable bonds is 2. The summed E-state index contributed by atoms with van der Waals surface area (Å²) in [6, 6.07) is 6.09. The number of benzene rings is 1. The van der Waals surface area contributed by atoms with Crippen LogP contribution in [0.3, 0.4) is 0 Å². The quantitative estimate of drug-likeness (QED) is 0.819. The van der Waals surface area contributed by atoms with Gasteiger partial charge in [0.2, 0.25) is 0 Å². The first kappa shape index (κ1) is 14.1. The van der Waals surface area contributed by atoms with Gasteiger partial charge in [0.25, 0.3) is 5.91 Å². The zero-order chi connectivity index (χ0) is 13.8. The molecule has 1 unspecified atom stereocenters. The van der Waals surface area contributed by atoms with Gasteiger partial charge < -0.3 is 9.64 Å². The highest BCUT2D eigenvalue weighted by Crippen LogP contribution is 2.26. The lowest BCUT2D eigenvalue weighted by atomic mass is 10.1. The highest BCUT2D eigenvalue weighted by atomic mass is 16.5. The fourth-order valence-corrected chi connectivity index (χ4v) is 2.70. The first-order valence-electron chi connectivity index (χ1n) is 7.20. The van der Waals surface area contributed by atoms with E-state index in [2.05, 4.69) is 13.0 Å². The van der Waals surface area contributed by atoms with Gasteiger partial charge in [0, 0.05) is 31.2 Å². The van der Waals surface area contributed by atoms with Crippen LogP contribution >= 0.6 is 0 Å². The van der Waals surface area contributed by atoms with Crippen LogP contribution in [0.25, 0.3) is 0 Å². The Hall–Kier alpha value is -1.35. The van der Waals surface area contributed by atoms with Crippen LogP contribution in [0.1, 0.15) is 41.8 Å².